The second-order valence-corrected chi connectivity index (χ2v) is 8.30. The predicted octanol–water partition coefficient (Wildman–Crippen LogP) is 1.66. The molecule has 2 saturated heterocycles. The van der Waals surface area contributed by atoms with E-state index >= 15 is 0 Å². The van der Waals surface area contributed by atoms with Crippen LogP contribution in [0.3, 0.4) is 0 Å². The third-order valence-electron chi connectivity index (χ3n) is 6.73. The van der Waals surface area contributed by atoms with Gasteiger partial charge in [0.15, 0.2) is 0 Å². The summed E-state index contributed by atoms with van der Waals surface area (Å²) in [4.78, 5) is 24.2. The van der Waals surface area contributed by atoms with Crippen LogP contribution in [0, 0.1) is 5.41 Å². The zero-order valence-corrected chi connectivity index (χ0v) is 15.3. The Kier molecular flexibility index (Phi) is 3.44. The van der Waals surface area contributed by atoms with Gasteiger partial charge in [-0.1, -0.05) is 6.08 Å². The molecule has 7 nitrogen and oxygen atoms in total. The molecule has 0 amide bonds. The van der Waals surface area contributed by atoms with E-state index in [1.54, 1.807) is 6.26 Å². The van der Waals surface area contributed by atoms with Crippen molar-refractivity contribution in [1.29, 1.82) is 0 Å². The van der Waals surface area contributed by atoms with Gasteiger partial charge in [0.1, 0.15) is 12.2 Å². The maximum Gasteiger partial charge on any atom is 0.340 e. The van der Waals surface area contributed by atoms with Gasteiger partial charge in [-0.05, 0) is 38.3 Å². The molecule has 7 heteroatoms. The molecule has 5 rings (SSSR count). The van der Waals surface area contributed by atoms with E-state index < -0.39 is 29.4 Å². The van der Waals surface area contributed by atoms with Gasteiger partial charge in [0.2, 0.25) is 6.29 Å². The summed E-state index contributed by atoms with van der Waals surface area (Å²) in [6.07, 6.45) is 5.59. The molecule has 2 fully saturated rings. The fraction of sp³-hybridized carbons (Fsp3) is 0.600. The minimum absolute atomic E-state index is 0.106. The zero-order chi connectivity index (χ0) is 19.0. The molecule has 0 saturated carbocycles. The Bertz CT molecular complexity index is 824. The molecule has 0 aromatic rings. The third-order valence-corrected chi connectivity index (χ3v) is 6.73. The fourth-order valence-corrected chi connectivity index (χ4v) is 5.09. The molecule has 0 bridgehead atoms. The lowest BCUT2D eigenvalue weighted by atomic mass is 9.64. The summed E-state index contributed by atoms with van der Waals surface area (Å²) < 4.78 is 22.7. The monoisotopic (exact) mass is 374 g/mol. The normalized spacial score (nSPS) is 45.4. The van der Waals surface area contributed by atoms with E-state index in [2.05, 4.69) is 6.92 Å². The van der Waals surface area contributed by atoms with Crippen LogP contribution >= 0.6 is 0 Å². The molecule has 6 atom stereocenters. The molecule has 1 aliphatic carbocycles. The van der Waals surface area contributed by atoms with Gasteiger partial charge >= 0.3 is 11.9 Å². The largest absolute Gasteiger partial charge is 0.493 e. The van der Waals surface area contributed by atoms with Crippen molar-refractivity contribution in [3.8, 4) is 0 Å². The first-order valence-corrected chi connectivity index (χ1v) is 9.36. The minimum Gasteiger partial charge on any atom is -0.493 e. The lowest BCUT2D eigenvalue weighted by Gasteiger charge is -2.51. The summed E-state index contributed by atoms with van der Waals surface area (Å²) in [6.45, 7) is 4.05. The van der Waals surface area contributed by atoms with E-state index in [9.17, 15) is 14.7 Å². The van der Waals surface area contributed by atoms with Crippen molar-refractivity contribution in [3.63, 3.8) is 0 Å². The minimum atomic E-state index is -1.22. The Morgan fingerprint density at radius 3 is 2.70 bits per heavy atom. The lowest BCUT2D eigenvalue weighted by Crippen LogP contribution is -2.56. The molecule has 0 aromatic carbocycles. The van der Waals surface area contributed by atoms with Crippen LogP contribution in [-0.4, -0.2) is 47.2 Å². The number of hydrogen-bond donors (Lipinski definition) is 1. The molecule has 0 spiro atoms. The Morgan fingerprint density at radius 1 is 1.15 bits per heavy atom. The number of carbonyl (C=O) groups is 2. The molecular formula is C20H22O7. The number of esters is 2. The summed E-state index contributed by atoms with van der Waals surface area (Å²) in [5, 5.41) is 9.48. The Hall–Kier alpha value is -2.12. The average molecular weight is 374 g/mol. The number of hydrogen-bond acceptors (Lipinski definition) is 7. The first-order valence-electron chi connectivity index (χ1n) is 9.36. The van der Waals surface area contributed by atoms with Gasteiger partial charge in [-0.15, -0.1) is 0 Å². The zero-order valence-electron chi connectivity index (χ0n) is 15.3. The van der Waals surface area contributed by atoms with Crippen LogP contribution in [0.2, 0.25) is 0 Å². The average Bonchev–Trinajstić information content (AvgIpc) is 3.27. The van der Waals surface area contributed by atoms with Crippen molar-refractivity contribution < 1.29 is 33.6 Å². The highest BCUT2D eigenvalue weighted by Crippen LogP contribution is 2.57. The van der Waals surface area contributed by atoms with E-state index in [-0.39, 0.29) is 18.2 Å². The topological polar surface area (TPSA) is 91.3 Å². The highest BCUT2D eigenvalue weighted by Gasteiger charge is 2.62. The van der Waals surface area contributed by atoms with Gasteiger partial charge in [0.25, 0.3) is 0 Å². The number of aliphatic hydroxyl groups is 1. The molecule has 0 radical (unpaired) electrons. The molecular weight excluding hydrogens is 352 g/mol. The van der Waals surface area contributed by atoms with Gasteiger partial charge in [-0.25, -0.2) is 9.59 Å². The van der Waals surface area contributed by atoms with Crippen molar-refractivity contribution >= 4 is 11.9 Å². The first kappa shape index (κ1) is 17.0. The van der Waals surface area contributed by atoms with Crippen LogP contribution in [0.15, 0.2) is 35.1 Å². The van der Waals surface area contributed by atoms with Gasteiger partial charge in [0, 0.05) is 18.4 Å². The van der Waals surface area contributed by atoms with Crippen LogP contribution in [0.4, 0.5) is 0 Å². The van der Waals surface area contributed by atoms with Gasteiger partial charge in [-0.2, -0.15) is 0 Å². The number of allylic oxidation sites excluding steroid dienone is 1. The summed E-state index contributed by atoms with van der Waals surface area (Å²) in [7, 11) is 0. The van der Waals surface area contributed by atoms with Gasteiger partial charge in [0.05, 0.1) is 29.0 Å². The number of rotatable bonds is 2. The van der Waals surface area contributed by atoms with Crippen LogP contribution in [0.5, 0.6) is 0 Å². The predicted molar refractivity (Wildman–Crippen MR) is 91.0 cm³/mol. The van der Waals surface area contributed by atoms with Crippen LogP contribution in [0.1, 0.15) is 39.5 Å². The maximum atomic E-state index is 12.3. The standard InChI is InChI=1S/C20H22O7/c1-19(10-6-13(24-9-10)11-7-16(21)26-17(11)22)8-15-20(2)12(18(23)25-15)4-3-5-14(20)27-19/h4,7,9,13-16,21H,3,5-6,8H2,1-2H3. The number of ether oxygens (including phenoxy) is 4. The van der Waals surface area contributed by atoms with Crippen molar-refractivity contribution in [2.45, 2.75) is 69.7 Å². The van der Waals surface area contributed by atoms with Gasteiger partial charge in [-0.3, -0.25) is 0 Å². The van der Waals surface area contributed by atoms with Crippen LogP contribution < -0.4 is 0 Å². The van der Waals surface area contributed by atoms with E-state index in [0.717, 1.165) is 24.0 Å². The van der Waals surface area contributed by atoms with Crippen molar-refractivity contribution in [2.75, 3.05) is 0 Å². The molecule has 6 unspecified atom stereocenters. The second-order valence-electron chi connectivity index (χ2n) is 8.30. The molecule has 4 heterocycles. The lowest BCUT2D eigenvalue weighted by molar-refractivity contribution is -0.190. The molecule has 4 aliphatic heterocycles. The van der Waals surface area contributed by atoms with E-state index in [1.807, 2.05) is 13.0 Å². The maximum absolute atomic E-state index is 12.3. The molecule has 144 valence electrons. The van der Waals surface area contributed by atoms with Crippen molar-refractivity contribution in [1.82, 2.24) is 0 Å². The highest BCUT2D eigenvalue weighted by atomic mass is 16.6. The Balaban J connectivity index is 1.39. The van der Waals surface area contributed by atoms with Gasteiger partial charge < -0.3 is 24.1 Å². The summed E-state index contributed by atoms with van der Waals surface area (Å²) in [5.41, 5.74) is 0.944. The Morgan fingerprint density at radius 2 is 1.96 bits per heavy atom. The van der Waals surface area contributed by atoms with Crippen molar-refractivity contribution in [3.05, 3.63) is 35.1 Å². The highest BCUT2D eigenvalue weighted by molar-refractivity contribution is 5.93. The number of aliphatic hydroxyl groups excluding tert-OH is 1. The molecule has 27 heavy (non-hydrogen) atoms. The molecule has 1 N–H and O–H groups in total. The molecule has 5 aliphatic rings. The molecule has 0 aromatic heterocycles. The summed E-state index contributed by atoms with van der Waals surface area (Å²) in [6, 6.07) is 0. The third kappa shape index (κ3) is 2.28. The van der Waals surface area contributed by atoms with Crippen LogP contribution in [-0.2, 0) is 28.5 Å². The quantitative estimate of drug-likeness (QED) is 0.735. The Labute approximate surface area is 156 Å². The number of cyclic esters (lactones) is 1. The summed E-state index contributed by atoms with van der Waals surface area (Å²) >= 11 is 0. The summed E-state index contributed by atoms with van der Waals surface area (Å²) in [5.74, 6) is -0.793. The van der Waals surface area contributed by atoms with Crippen molar-refractivity contribution in [2.24, 2.45) is 5.41 Å². The van der Waals surface area contributed by atoms with Crippen LogP contribution in [0.25, 0.3) is 0 Å². The number of carbonyl (C=O) groups excluding carboxylic acids is 2. The van der Waals surface area contributed by atoms with E-state index in [1.165, 1.54) is 6.08 Å². The SMILES string of the molecule is CC1(C2=COC(C3=CC(O)OC3=O)C2)CC2OC(=O)C3=CCCC(O1)C32C. The first-order chi connectivity index (χ1) is 12.8. The fourth-order valence-electron chi connectivity index (χ4n) is 5.09. The smallest absolute Gasteiger partial charge is 0.340 e. The van der Waals surface area contributed by atoms with E-state index in [4.69, 9.17) is 18.9 Å². The second kappa shape index (κ2) is 5.45. The van der Waals surface area contributed by atoms with E-state index in [0.29, 0.717) is 18.4 Å².